The molecule has 0 bridgehead atoms. The summed E-state index contributed by atoms with van der Waals surface area (Å²) in [5.74, 6) is -0.186. The predicted octanol–water partition coefficient (Wildman–Crippen LogP) is 3.51. The Hall–Kier alpha value is -3.40. The first-order chi connectivity index (χ1) is 16.0. The third-order valence-electron chi connectivity index (χ3n) is 4.74. The molecule has 0 aliphatic carbocycles. The Labute approximate surface area is 192 Å². The van der Waals surface area contributed by atoms with Crippen LogP contribution in [0.2, 0.25) is 0 Å². The first kappa shape index (κ1) is 25.9. The number of methoxy groups -OCH3 is 1. The van der Waals surface area contributed by atoms with Gasteiger partial charge in [-0.3, -0.25) is 15.3 Å². The molecule has 0 saturated carbocycles. The number of carbonyl (C=O) groups excluding carboxylic acids is 2. The zero-order valence-electron chi connectivity index (χ0n) is 18.7. The number of aliphatic hydroxyl groups is 1. The first-order valence-corrected chi connectivity index (χ1v) is 10.5. The van der Waals surface area contributed by atoms with E-state index in [1.165, 1.54) is 18.7 Å². The Kier molecular flexibility index (Phi) is 10.9. The summed E-state index contributed by atoms with van der Waals surface area (Å²) >= 11 is 0. The molecule has 2 aromatic carbocycles. The van der Waals surface area contributed by atoms with Crippen molar-refractivity contribution in [3.05, 3.63) is 71.8 Å². The van der Waals surface area contributed by atoms with Crippen molar-refractivity contribution in [1.29, 1.82) is 0 Å². The summed E-state index contributed by atoms with van der Waals surface area (Å²) in [6.45, 7) is 1.86. The maximum absolute atomic E-state index is 12.7. The third-order valence-corrected chi connectivity index (χ3v) is 4.74. The van der Waals surface area contributed by atoms with Crippen LogP contribution in [-0.2, 0) is 14.3 Å². The molecule has 0 aliphatic rings. The SMILES string of the molecule is CO[C@H](CC/C=C/C(=O)NO)[C@H](OC(=O)Nc1ccc(C)cc1)c1ccccc1OCCO. The average molecular weight is 459 g/mol. The van der Waals surface area contributed by atoms with E-state index in [-0.39, 0.29) is 13.2 Å². The van der Waals surface area contributed by atoms with Crippen LogP contribution < -0.4 is 15.5 Å². The summed E-state index contributed by atoms with van der Waals surface area (Å²) in [6.07, 6.45) is 1.52. The summed E-state index contributed by atoms with van der Waals surface area (Å²) in [5.41, 5.74) is 3.75. The molecule has 2 aromatic rings. The van der Waals surface area contributed by atoms with Gasteiger partial charge >= 0.3 is 6.09 Å². The van der Waals surface area contributed by atoms with E-state index in [2.05, 4.69) is 5.32 Å². The fourth-order valence-corrected chi connectivity index (χ4v) is 3.12. The van der Waals surface area contributed by atoms with Crippen molar-refractivity contribution in [1.82, 2.24) is 5.48 Å². The van der Waals surface area contributed by atoms with Gasteiger partial charge in [-0.1, -0.05) is 42.0 Å². The number of amides is 2. The van der Waals surface area contributed by atoms with Gasteiger partial charge in [-0.2, -0.15) is 0 Å². The molecule has 0 saturated heterocycles. The van der Waals surface area contributed by atoms with Gasteiger partial charge in [0.1, 0.15) is 12.4 Å². The van der Waals surface area contributed by atoms with Gasteiger partial charge in [0.05, 0.1) is 12.7 Å². The molecule has 178 valence electrons. The molecule has 9 nitrogen and oxygen atoms in total. The van der Waals surface area contributed by atoms with Gasteiger partial charge in [-0.25, -0.2) is 10.3 Å². The standard InChI is InChI=1S/C24H30N2O7/c1-17-11-13-18(14-12-17)25-24(29)33-23(19-7-3-4-8-20(19)32-16-15-27)21(31-2)9-5-6-10-22(28)26-30/h3-4,6-8,10-14,21,23,27,30H,5,9,15-16H2,1-2H3,(H,25,29)(H,26,28)/b10-6+/t21-,23-/m1/s1. The van der Waals surface area contributed by atoms with Crippen LogP contribution >= 0.6 is 0 Å². The summed E-state index contributed by atoms with van der Waals surface area (Å²) < 4.78 is 17.1. The molecule has 9 heteroatoms. The number of aliphatic hydroxyl groups excluding tert-OH is 1. The van der Waals surface area contributed by atoms with Crippen molar-refractivity contribution in [2.45, 2.75) is 32.0 Å². The molecule has 0 radical (unpaired) electrons. The second-order valence-electron chi connectivity index (χ2n) is 7.16. The Morgan fingerprint density at radius 2 is 1.85 bits per heavy atom. The van der Waals surface area contributed by atoms with Crippen molar-refractivity contribution in [3.8, 4) is 5.75 Å². The molecule has 0 fully saturated rings. The monoisotopic (exact) mass is 458 g/mol. The van der Waals surface area contributed by atoms with Crippen LogP contribution in [0.25, 0.3) is 0 Å². The normalized spacial score (nSPS) is 12.7. The van der Waals surface area contributed by atoms with Crippen LogP contribution in [0.5, 0.6) is 5.75 Å². The van der Waals surface area contributed by atoms with Crippen molar-refractivity contribution >= 4 is 17.7 Å². The minimum absolute atomic E-state index is 0.0793. The highest BCUT2D eigenvalue weighted by Gasteiger charge is 2.29. The number of carbonyl (C=O) groups is 2. The Bertz CT molecular complexity index is 915. The fraction of sp³-hybridized carbons (Fsp3) is 0.333. The first-order valence-electron chi connectivity index (χ1n) is 10.5. The maximum Gasteiger partial charge on any atom is 0.412 e. The second kappa shape index (κ2) is 13.9. The number of para-hydroxylation sites is 1. The van der Waals surface area contributed by atoms with Crippen LogP contribution in [0.3, 0.4) is 0 Å². The number of anilines is 1. The van der Waals surface area contributed by atoms with E-state index >= 15 is 0 Å². The van der Waals surface area contributed by atoms with Crippen LogP contribution in [0.1, 0.15) is 30.1 Å². The molecule has 0 heterocycles. The van der Waals surface area contributed by atoms with Crippen molar-refractivity contribution in [3.63, 3.8) is 0 Å². The Morgan fingerprint density at radius 3 is 2.52 bits per heavy atom. The minimum atomic E-state index is -0.838. The van der Waals surface area contributed by atoms with E-state index < -0.39 is 24.2 Å². The molecule has 2 amide bonds. The molecule has 0 aliphatic heterocycles. The third kappa shape index (κ3) is 8.57. The summed E-state index contributed by atoms with van der Waals surface area (Å²) in [6, 6.07) is 14.3. The lowest BCUT2D eigenvalue weighted by atomic mass is 9.99. The number of aryl methyl sites for hydroxylation is 1. The molecular weight excluding hydrogens is 428 g/mol. The highest BCUT2D eigenvalue weighted by Crippen LogP contribution is 2.33. The summed E-state index contributed by atoms with van der Waals surface area (Å²) in [5, 5.41) is 20.4. The molecule has 4 N–H and O–H groups in total. The van der Waals surface area contributed by atoms with E-state index in [1.54, 1.807) is 42.5 Å². The number of hydroxylamine groups is 1. The van der Waals surface area contributed by atoms with Gasteiger partial charge < -0.3 is 19.3 Å². The lowest BCUT2D eigenvalue weighted by Crippen LogP contribution is -2.28. The number of ether oxygens (including phenoxy) is 3. The minimum Gasteiger partial charge on any atom is -0.491 e. The lowest BCUT2D eigenvalue weighted by Gasteiger charge is -2.27. The number of allylic oxidation sites excluding steroid dienone is 1. The average Bonchev–Trinajstić information content (AvgIpc) is 2.83. The predicted molar refractivity (Wildman–Crippen MR) is 122 cm³/mol. The van der Waals surface area contributed by atoms with Gasteiger partial charge in [-0.15, -0.1) is 0 Å². The zero-order valence-corrected chi connectivity index (χ0v) is 18.7. The zero-order chi connectivity index (χ0) is 24.1. The van der Waals surface area contributed by atoms with Crippen LogP contribution in [0.15, 0.2) is 60.7 Å². The van der Waals surface area contributed by atoms with Gasteiger partial charge in [0.15, 0.2) is 6.10 Å². The van der Waals surface area contributed by atoms with Crippen molar-refractivity contribution in [2.75, 3.05) is 25.6 Å². The van der Waals surface area contributed by atoms with Gasteiger partial charge in [0, 0.05) is 24.4 Å². The molecule has 0 spiro atoms. The van der Waals surface area contributed by atoms with Gasteiger partial charge in [0.2, 0.25) is 0 Å². The van der Waals surface area contributed by atoms with E-state index in [0.717, 1.165) is 5.56 Å². The van der Waals surface area contributed by atoms with E-state index in [0.29, 0.717) is 29.8 Å². The molecule has 2 rings (SSSR count). The van der Waals surface area contributed by atoms with Crippen molar-refractivity contribution < 1.29 is 34.1 Å². The fourth-order valence-electron chi connectivity index (χ4n) is 3.12. The number of hydrogen-bond donors (Lipinski definition) is 4. The largest absolute Gasteiger partial charge is 0.491 e. The number of hydrogen-bond acceptors (Lipinski definition) is 7. The molecular formula is C24H30N2O7. The topological polar surface area (TPSA) is 126 Å². The van der Waals surface area contributed by atoms with E-state index in [4.69, 9.17) is 24.5 Å². The van der Waals surface area contributed by atoms with Crippen LogP contribution in [0, 0.1) is 6.92 Å². The van der Waals surface area contributed by atoms with E-state index in [1.807, 2.05) is 19.1 Å². The number of nitrogens with one attached hydrogen (secondary N) is 2. The van der Waals surface area contributed by atoms with Crippen LogP contribution in [-0.4, -0.2) is 48.7 Å². The van der Waals surface area contributed by atoms with Crippen LogP contribution in [0.4, 0.5) is 10.5 Å². The Morgan fingerprint density at radius 1 is 1.12 bits per heavy atom. The lowest BCUT2D eigenvalue weighted by molar-refractivity contribution is -0.124. The maximum atomic E-state index is 12.7. The summed E-state index contributed by atoms with van der Waals surface area (Å²) in [7, 11) is 1.50. The molecule has 2 atom stereocenters. The highest BCUT2D eigenvalue weighted by atomic mass is 16.6. The number of rotatable bonds is 12. The molecule has 0 unspecified atom stereocenters. The smallest absolute Gasteiger partial charge is 0.412 e. The number of benzene rings is 2. The Balaban J connectivity index is 2.24. The van der Waals surface area contributed by atoms with Gasteiger partial charge in [0.25, 0.3) is 5.91 Å². The van der Waals surface area contributed by atoms with E-state index in [9.17, 15) is 9.59 Å². The van der Waals surface area contributed by atoms with Gasteiger partial charge in [-0.05, 0) is 38.0 Å². The highest BCUT2D eigenvalue weighted by molar-refractivity contribution is 5.86. The molecule has 33 heavy (non-hydrogen) atoms. The summed E-state index contributed by atoms with van der Waals surface area (Å²) in [4.78, 5) is 23.9. The van der Waals surface area contributed by atoms with Crippen molar-refractivity contribution in [2.24, 2.45) is 0 Å². The quantitative estimate of drug-likeness (QED) is 0.218. The second-order valence-corrected chi connectivity index (χ2v) is 7.16. The molecule has 0 aromatic heterocycles.